The van der Waals surface area contributed by atoms with Gasteiger partial charge in [-0.3, -0.25) is 9.59 Å². The number of aliphatic hydroxyl groups excluding tert-OH is 6. The van der Waals surface area contributed by atoms with Crippen LogP contribution in [-0.4, -0.2) is 116 Å². The summed E-state index contributed by atoms with van der Waals surface area (Å²) in [6, 6.07) is -1.01. The number of alkyl halides is 1. The highest BCUT2D eigenvalue weighted by atomic mass is 79.9. The van der Waals surface area contributed by atoms with E-state index in [1.54, 1.807) is 0 Å². The van der Waals surface area contributed by atoms with Crippen LogP contribution in [-0.2, 0) is 19.1 Å². The summed E-state index contributed by atoms with van der Waals surface area (Å²) in [4.78, 5) is 25.1. The van der Waals surface area contributed by atoms with E-state index in [-0.39, 0.29) is 24.8 Å². The zero-order chi connectivity index (χ0) is 44.1. The summed E-state index contributed by atoms with van der Waals surface area (Å²) in [6.07, 6.45) is 24.7. The molecular weight excluding hydrogens is 832 g/mol. The van der Waals surface area contributed by atoms with Gasteiger partial charge in [0.1, 0.15) is 30.5 Å². The van der Waals surface area contributed by atoms with Crippen molar-refractivity contribution in [3.8, 4) is 0 Å². The molecule has 1 rings (SSSR count). The molecule has 1 fully saturated rings. The first-order valence-corrected chi connectivity index (χ1v) is 25.7. The van der Waals surface area contributed by atoms with Gasteiger partial charge < -0.3 is 50.7 Å². The summed E-state index contributed by atoms with van der Waals surface area (Å²) in [6.45, 7) is 2.06. The number of ether oxygens (including phenoxy) is 2. The summed E-state index contributed by atoms with van der Waals surface area (Å²) in [5, 5.41) is 69.3. The highest BCUT2D eigenvalue weighted by Crippen LogP contribution is 2.23. The number of hydrogen-bond donors (Lipinski definition) is 8. The molecule has 356 valence electrons. The molecule has 0 spiro atoms. The van der Waals surface area contributed by atoms with Crippen molar-refractivity contribution in [2.24, 2.45) is 0 Å². The van der Waals surface area contributed by atoms with Crippen molar-refractivity contribution in [2.45, 2.75) is 261 Å². The molecule has 12 nitrogen and oxygen atoms in total. The Morgan fingerprint density at radius 3 is 1.55 bits per heavy atom. The highest BCUT2D eigenvalue weighted by Gasteiger charge is 2.44. The van der Waals surface area contributed by atoms with Gasteiger partial charge >= 0.3 is 0 Å². The lowest BCUT2D eigenvalue weighted by Crippen LogP contribution is -2.60. The number of halogens is 1. The lowest BCUT2D eigenvalue weighted by Gasteiger charge is -2.40. The average Bonchev–Trinajstić information content (AvgIpc) is 3.24. The number of hydrogen-bond acceptors (Lipinski definition) is 10. The number of aliphatic hydroxyl groups is 6. The second kappa shape index (κ2) is 39.7. The van der Waals surface area contributed by atoms with Crippen molar-refractivity contribution in [3.05, 3.63) is 0 Å². The molecule has 60 heavy (non-hydrogen) atoms. The van der Waals surface area contributed by atoms with E-state index in [4.69, 9.17) is 9.47 Å². The summed E-state index contributed by atoms with van der Waals surface area (Å²) in [5.74, 6) is -0.107. The molecule has 0 saturated carbocycles. The third-order valence-electron chi connectivity index (χ3n) is 12.0. The fraction of sp³-hybridized carbons (Fsp3) is 0.957. The maximum Gasteiger partial charge on any atom is 0.220 e. The Morgan fingerprint density at radius 1 is 0.600 bits per heavy atom. The molecule has 1 heterocycles. The van der Waals surface area contributed by atoms with Crippen LogP contribution in [0.15, 0.2) is 0 Å². The predicted octanol–water partition coefficient (Wildman–Crippen LogP) is 8.02. The topological polar surface area (TPSA) is 198 Å². The molecule has 0 aliphatic carbocycles. The maximum absolute atomic E-state index is 13.0. The van der Waals surface area contributed by atoms with E-state index in [9.17, 15) is 40.2 Å². The van der Waals surface area contributed by atoms with Crippen molar-refractivity contribution in [1.29, 1.82) is 0 Å². The number of rotatable bonds is 42. The molecule has 13 heteroatoms. The van der Waals surface area contributed by atoms with Gasteiger partial charge in [-0.05, 0) is 32.1 Å². The molecule has 2 amide bonds. The zero-order valence-corrected chi connectivity index (χ0v) is 39.4. The van der Waals surface area contributed by atoms with E-state index < -0.39 is 55.6 Å². The Hall–Kier alpha value is -0.900. The predicted molar refractivity (Wildman–Crippen MR) is 244 cm³/mol. The minimum absolute atomic E-state index is 0.178. The average molecular weight is 924 g/mol. The van der Waals surface area contributed by atoms with Gasteiger partial charge in [0.25, 0.3) is 0 Å². The molecule has 0 bridgehead atoms. The van der Waals surface area contributed by atoms with E-state index in [1.165, 1.54) is 89.9 Å². The van der Waals surface area contributed by atoms with Crippen LogP contribution in [0.5, 0.6) is 0 Å². The second-order valence-electron chi connectivity index (χ2n) is 17.5. The minimum Gasteiger partial charge on any atom is -0.394 e. The Labute approximate surface area is 373 Å². The van der Waals surface area contributed by atoms with Crippen molar-refractivity contribution >= 4 is 27.7 Å². The van der Waals surface area contributed by atoms with Crippen LogP contribution in [0.1, 0.15) is 212 Å². The van der Waals surface area contributed by atoms with Crippen LogP contribution in [0.25, 0.3) is 0 Å². The Kier molecular flexibility index (Phi) is 37.8. The minimum atomic E-state index is -1.62. The first-order chi connectivity index (χ1) is 29.2. The third-order valence-corrected chi connectivity index (χ3v) is 12.5. The lowest BCUT2D eigenvalue weighted by molar-refractivity contribution is -0.303. The Balaban J connectivity index is 2.31. The number of amides is 2. The molecule has 1 saturated heterocycles. The van der Waals surface area contributed by atoms with Crippen molar-refractivity contribution < 1.29 is 49.7 Å². The van der Waals surface area contributed by atoms with Gasteiger partial charge in [-0.1, -0.05) is 183 Å². The summed E-state index contributed by atoms with van der Waals surface area (Å²) in [5.41, 5.74) is 0. The van der Waals surface area contributed by atoms with Crippen LogP contribution in [0.3, 0.4) is 0 Å². The maximum atomic E-state index is 13.0. The Morgan fingerprint density at radius 2 is 1.05 bits per heavy atom. The molecule has 1 aliphatic heterocycles. The molecule has 2 unspecified atom stereocenters. The molecular formula is C47H91BrN2O10. The van der Waals surface area contributed by atoms with Crippen LogP contribution in [0.4, 0.5) is 0 Å². The van der Waals surface area contributed by atoms with Gasteiger partial charge in [-0.2, -0.15) is 0 Å². The van der Waals surface area contributed by atoms with Crippen molar-refractivity contribution in [1.82, 2.24) is 10.6 Å². The molecule has 0 radical (unpaired) electrons. The summed E-state index contributed by atoms with van der Waals surface area (Å²) < 4.78 is 11.1. The van der Waals surface area contributed by atoms with Crippen molar-refractivity contribution in [3.63, 3.8) is 0 Å². The SMILES string of the molecule is CCCCCCCCCCCCCC[C@@H](O)[C@@H](O)[C@H](CO[C@H]1OC(CO)[C@H](O)[C@H](O)C1O)NC(=O)CCCCCCCCCCCNC(=O)CCCCCCCCCCBr. The van der Waals surface area contributed by atoms with Crippen LogP contribution in [0.2, 0.25) is 0 Å². The first kappa shape index (κ1) is 57.1. The van der Waals surface area contributed by atoms with Crippen LogP contribution < -0.4 is 10.6 Å². The molecule has 0 aromatic rings. The zero-order valence-electron chi connectivity index (χ0n) is 37.8. The largest absolute Gasteiger partial charge is 0.394 e. The second-order valence-corrected chi connectivity index (χ2v) is 18.3. The van der Waals surface area contributed by atoms with E-state index in [1.807, 2.05) is 0 Å². The van der Waals surface area contributed by atoms with Gasteiger partial charge in [-0.25, -0.2) is 0 Å². The first-order valence-electron chi connectivity index (χ1n) is 24.6. The quantitative estimate of drug-likeness (QED) is 0.0219. The van der Waals surface area contributed by atoms with E-state index >= 15 is 0 Å². The molecule has 0 aromatic heterocycles. The molecule has 8 N–H and O–H groups in total. The molecule has 8 atom stereocenters. The van der Waals surface area contributed by atoms with Gasteiger partial charge in [0.15, 0.2) is 6.29 Å². The molecule has 1 aliphatic rings. The smallest absolute Gasteiger partial charge is 0.220 e. The van der Waals surface area contributed by atoms with E-state index in [0.717, 1.165) is 102 Å². The third kappa shape index (κ3) is 29.5. The van der Waals surface area contributed by atoms with Gasteiger partial charge in [0, 0.05) is 24.7 Å². The van der Waals surface area contributed by atoms with E-state index in [0.29, 0.717) is 19.3 Å². The van der Waals surface area contributed by atoms with Gasteiger partial charge in [-0.15, -0.1) is 0 Å². The number of unbranched alkanes of at least 4 members (excludes halogenated alkanes) is 26. The fourth-order valence-corrected chi connectivity index (χ4v) is 8.34. The normalized spacial score (nSPS) is 20.8. The summed E-state index contributed by atoms with van der Waals surface area (Å²) >= 11 is 3.48. The van der Waals surface area contributed by atoms with Crippen molar-refractivity contribution in [2.75, 3.05) is 25.1 Å². The number of carbonyl (C=O) groups excluding carboxylic acids is 2. The van der Waals surface area contributed by atoms with Crippen LogP contribution >= 0.6 is 15.9 Å². The number of nitrogens with one attached hydrogen (secondary N) is 2. The number of carbonyl (C=O) groups is 2. The summed E-state index contributed by atoms with van der Waals surface area (Å²) in [7, 11) is 0. The van der Waals surface area contributed by atoms with E-state index in [2.05, 4.69) is 33.5 Å². The lowest BCUT2D eigenvalue weighted by atomic mass is 9.98. The Bertz CT molecular complexity index is 998. The van der Waals surface area contributed by atoms with Crippen LogP contribution in [0, 0.1) is 0 Å². The monoisotopic (exact) mass is 923 g/mol. The fourth-order valence-electron chi connectivity index (χ4n) is 7.95. The highest BCUT2D eigenvalue weighted by molar-refractivity contribution is 9.09. The standard InChI is InChI=1S/C47H91BrN2O10/c1-2-3-4-5-6-7-8-9-11-16-21-26-31-39(52)43(55)38(37-59-47-46(58)45(57)44(56)40(36-51)60-47)50-42(54)33-28-23-18-12-10-15-20-25-30-35-49-41(53)32-27-22-17-13-14-19-24-29-34-48/h38-40,43-47,51-52,55-58H,2-37H2,1H3,(H,49,53)(H,50,54)/t38-,39+,40?,43-,44-,45-,46?,47-/m0/s1. The van der Waals surface area contributed by atoms with Gasteiger partial charge in [0.2, 0.25) is 11.8 Å². The molecule has 0 aromatic carbocycles. The van der Waals surface area contributed by atoms with Gasteiger partial charge in [0.05, 0.1) is 25.4 Å².